The maximum absolute atomic E-state index is 9.59. The smallest absolute Gasteiger partial charge is 0.158 e. The monoisotopic (exact) mass is 365 g/mol. The minimum Gasteiger partial charge on any atom is -0.508 e. The van der Waals surface area contributed by atoms with Crippen molar-refractivity contribution in [1.82, 2.24) is 9.97 Å². The van der Waals surface area contributed by atoms with E-state index in [0.29, 0.717) is 20.8 Å². The summed E-state index contributed by atoms with van der Waals surface area (Å²) in [6.07, 6.45) is 3.53. The van der Waals surface area contributed by atoms with E-state index in [1.165, 1.54) is 17.8 Å². The molecular formula is C16H20ClN5OS. The lowest BCUT2D eigenvalue weighted by atomic mass is 9.91. The van der Waals surface area contributed by atoms with Crippen LogP contribution in [0.15, 0.2) is 34.3 Å². The van der Waals surface area contributed by atoms with Crippen LogP contribution in [0.5, 0.6) is 5.75 Å². The van der Waals surface area contributed by atoms with E-state index in [4.69, 9.17) is 23.1 Å². The fourth-order valence-corrected chi connectivity index (χ4v) is 3.58. The summed E-state index contributed by atoms with van der Waals surface area (Å²) in [7, 11) is 0. The van der Waals surface area contributed by atoms with Crippen molar-refractivity contribution >= 4 is 35.0 Å². The molecule has 0 atom stereocenters. The maximum atomic E-state index is 9.59. The topological polar surface area (TPSA) is 101 Å². The van der Waals surface area contributed by atoms with Crippen LogP contribution in [0.25, 0.3) is 0 Å². The minimum absolute atomic E-state index is 0.114. The third-order valence-corrected chi connectivity index (χ3v) is 5.61. The number of piperidine rings is 1. The number of benzene rings is 1. The number of rotatable bonds is 3. The van der Waals surface area contributed by atoms with Crippen molar-refractivity contribution in [3.05, 3.63) is 29.4 Å². The van der Waals surface area contributed by atoms with Gasteiger partial charge in [0.05, 0.1) is 11.2 Å². The molecule has 5 N–H and O–H groups in total. The molecule has 1 aromatic carbocycles. The predicted molar refractivity (Wildman–Crippen MR) is 97.7 cm³/mol. The fraction of sp³-hybridized carbons (Fsp3) is 0.375. The van der Waals surface area contributed by atoms with Gasteiger partial charge in [-0.15, -0.1) is 0 Å². The van der Waals surface area contributed by atoms with Crippen molar-refractivity contribution in [3.8, 4) is 5.75 Å². The van der Waals surface area contributed by atoms with Crippen molar-refractivity contribution in [2.24, 2.45) is 5.73 Å². The maximum Gasteiger partial charge on any atom is 0.158 e. The van der Waals surface area contributed by atoms with Gasteiger partial charge in [-0.1, -0.05) is 23.4 Å². The summed E-state index contributed by atoms with van der Waals surface area (Å²) in [5.74, 6) is 1.25. The first-order valence-corrected chi connectivity index (χ1v) is 8.86. The lowest BCUT2D eigenvalue weighted by Gasteiger charge is -2.37. The third kappa shape index (κ3) is 3.85. The molecule has 2 aromatic rings. The van der Waals surface area contributed by atoms with Gasteiger partial charge in [-0.3, -0.25) is 0 Å². The molecule has 1 saturated heterocycles. The average Bonchev–Trinajstić information content (AvgIpc) is 2.53. The van der Waals surface area contributed by atoms with E-state index < -0.39 is 0 Å². The highest BCUT2D eigenvalue weighted by Gasteiger charge is 2.26. The van der Waals surface area contributed by atoms with E-state index in [-0.39, 0.29) is 11.3 Å². The molecule has 1 aliphatic heterocycles. The first kappa shape index (κ1) is 17.1. The van der Waals surface area contributed by atoms with E-state index in [9.17, 15) is 5.11 Å². The number of aromatic hydroxyl groups is 1. The molecule has 1 aliphatic rings. The third-order valence-electron chi connectivity index (χ3n) is 4.10. The van der Waals surface area contributed by atoms with Gasteiger partial charge in [0.15, 0.2) is 5.82 Å². The van der Waals surface area contributed by atoms with E-state index in [2.05, 4.69) is 21.8 Å². The van der Waals surface area contributed by atoms with Crippen LogP contribution >= 0.6 is 23.4 Å². The number of nitrogens with zero attached hydrogens (tertiary/aromatic N) is 3. The summed E-state index contributed by atoms with van der Waals surface area (Å²) in [6, 6.07) is 4.75. The summed E-state index contributed by atoms with van der Waals surface area (Å²) in [5.41, 5.74) is 12.1. The summed E-state index contributed by atoms with van der Waals surface area (Å²) >= 11 is 7.42. The molecular weight excluding hydrogens is 346 g/mol. The van der Waals surface area contributed by atoms with Crippen molar-refractivity contribution in [1.29, 1.82) is 0 Å². The molecule has 1 fully saturated rings. The molecule has 0 spiro atoms. The molecule has 0 aliphatic carbocycles. The van der Waals surface area contributed by atoms with E-state index >= 15 is 0 Å². The highest BCUT2D eigenvalue weighted by Crippen LogP contribution is 2.37. The van der Waals surface area contributed by atoms with E-state index in [1.807, 2.05) is 0 Å². The summed E-state index contributed by atoms with van der Waals surface area (Å²) in [6.45, 7) is 3.75. The second-order valence-corrected chi connectivity index (χ2v) is 7.71. The lowest BCUT2D eigenvalue weighted by molar-refractivity contribution is 0.363. The summed E-state index contributed by atoms with van der Waals surface area (Å²) in [5, 5.41) is 10.7. The SMILES string of the molecule is CC1(N)CCN(c2cnc(Sc3cc(O)ccc3Cl)c(N)n2)CC1. The highest BCUT2D eigenvalue weighted by molar-refractivity contribution is 7.99. The number of hydrogen-bond donors (Lipinski definition) is 3. The Balaban J connectivity index is 1.77. The molecule has 2 heterocycles. The molecule has 0 unspecified atom stereocenters. The van der Waals surface area contributed by atoms with Crippen molar-refractivity contribution in [2.45, 2.75) is 35.2 Å². The highest BCUT2D eigenvalue weighted by atomic mass is 35.5. The number of anilines is 2. The number of aromatic nitrogens is 2. The number of nitrogen functional groups attached to an aromatic ring is 1. The Hall–Kier alpha value is -1.70. The van der Waals surface area contributed by atoms with Crippen molar-refractivity contribution in [3.63, 3.8) is 0 Å². The molecule has 0 amide bonds. The largest absolute Gasteiger partial charge is 0.508 e. The van der Waals surface area contributed by atoms with Gasteiger partial charge in [0.1, 0.15) is 16.6 Å². The van der Waals surface area contributed by atoms with Crippen LogP contribution < -0.4 is 16.4 Å². The fourth-order valence-electron chi connectivity index (χ4n) is 2.53. The Morgan fingerprint density at radius 3 is 2.71 bits per heavy atom. The van der Waals surface area contributed by atoms with Gasteiger partial charge >= 0.3 is 0 Å². The number of hydrogen-bond acceptors (Lipinski definition) is 7. The van der Waals surface area contributed by atoms with Crippen LogP contribution in [0, 0.1) is 0 Å². The molecule has 6 nitrogen and oxygen atoms in total. The zero-order valence-electron chi connectivity index (χ0n) is 13.4. The molecule has 24 heavy (non-hydrogen) atoms. The van der Waals surface area contributed by atoms with Crippen molar-refractivity contribution in [2.75, 3.05) is 23.7 Å². The van der Waals surface area contributed by atoms with Gasteiger partial charge < -0.3 is 21.5 Å². The quantitative estimate of drug-likeness (QED) is 0.768. The molecule has 0 radical (unpaired) electrons. The number of phenolic OH excluding ortho intramolecular Hbond substituents is 1. The Bertz CT molecular complexity index is 745. The van der Waals surface area contributed by atoms with Gasteiger partial charge in [-0.05, 0) is 38.0 Å². The van der Waals surface area contributed by atoms with Gasteiger partial charge in [-0.2, -0.15) is 0 Å². The molecule has 1 aromatic heterocycles. The minimum atomic E-state index is -0.114. The Kier molecular flexibility index (Phi) is 4.76. The van der Waals surface area contributed by atoms with Crippen LogP contribution in [-0.4, -0.2) is 33.7 Å². The Labute approximate surface area is 150 Å². The lowest BCUT2D eigenvalue weighted by Crippen LogP contribution is -2.48. The second kappa shape index (κ2) is 6.66. The van der Waals surface area contributed by atoms with Crippen LogP contribution in [0.3, 0.4) is 0 Å². The molecule has 0 saturated carbocycles. The number of nitrogens with two attached hydrogens (primary N) is 2. The van der Waals surface area contributed by atoms with Crippen LogP contribution in [-0.2, 0) is 0 Å². The summed E-state index contributed by atoms with van der Waals surface area (Å²) in [4.78, 5) is 11.7. The predicted octanol–water partition coefficient (Wildman–Crippen LogP) is 2.89. The van der Waals surface area contributed by atoms with Gasteiger partial charge in [0.2, 0.25) is 0 Å². The number of halogens is 1. The van der Waals surface area contributed by atoms with Gasteiger partial charge in [0.25, 0.3) is 0 Å². The van der Waals surface area contributed by atoms with Crippen LogP contribution in [0.1, 0.15) is 19.8 Å². The van der Waals surface area contributed by atoms with Crippen molar-refractivity contribution < 1.29 is 5.11 Å². The molecule has 128 valence electrons. The van der Waals surface area contributed by atoms with Gasteiger partial charge in [-0.25, -0.2) is 9.97 Å². The average molecular weight is 366 g/mol. The van der Waals surface area contributed by atoms with E-state index in [1.54, 1.807) is 18.3 Å². The van der Waals surface area contributed by atoms with E-state index in [0.717, 1.165) is 31.7 Å². The zero-order chi connectivity index (χ0) is 17.3. The number of phenols is 1. The first-order valence-electron chi connectivity index (χ1n) is 7.67. The zero-order valence-corrected chi connectivity index (χ0v) is 14.9. The molecule has 0 bridgehead atoms. The molecule has 3 rings (SSSR count). The second-order valence-electron chi connectivity index (χ2n) is 6.28. The standard InChI is InChI=1S/C16H20ClN5OS/c1-16(19)4-6-22(7-5-16)13-9-20-15(14(18)21-13)24-12-8-10(23)2-3-11(12)17/h2-3,8-9,23H,4-7,19H2,1H3,(H2,18,21). The molecule has 8 heteroatoms. The first-order chi connectivity index (χ1) is 11.3. The summed E-state index contributed by atoms with van der Waals surface area (Å²) < 4.78 is 0. The Morgan fingerprint density at radius 1 is 1.33 bits per heavy atom. The van der Waals surface area contributed by atoms with Gasteiger partial charge in [0, 0.05) is 23.5 Å². The normalized spacial score (nSPS) is 17.0. The van der Waals surface area contributed by atoms with Crippen LogP contribution in [0.2, 0.25) is 5.02 Å². The Morgan fingerprint density at radius 2 is 2.04 bits per heavy atom. The van der Waals surface area contributed by atoms with Crippen LogP contribution in [0.4, 0.5) is 11.6 Å².